The van der Waals surface area contributed by atoms with Crippen molar-refractivity contribution in [2.24, 2.45) is 0 Å². The van der Waals surface area contributed by atoms with Crippen molar-refractivity contribution in [3.05, 3.63) is 70.8 Å². The van der Waals surface area contributed by atoms with Crippen molar-refractivity contribution in [1.29, 1.82) is 0 Å². The van der Waals surface area contributed by atoms with E-state index in [4.69, 9.17) is 4.98 Å². The maximum absolute atomic E-state index is 13.6. The topological polar surface area (TPSA) is 59.6 Å². The van der Waals surface area contributed by atoms with Gasteiger partial charge < -0.3 is 4.90 Å². The van der Waals surface area contributed by atoms with Crippen LogP contribution in [0.5, 0.6) is 0 Å². The average Bonchev–Trinajstić information content (AvgIpc) is 3.18. The average molecular weight is 402 g/mol. The summed E-state index contributed by atoms with van der Waals surface area (Å²) < 4.78 is 3.26. The summed E-state index contributed by atoms with van der Waals surface area (Å²) in [5.74, 6) is -0.0620. The van der Waals surface area contributed by atoms with E-state index in [1.54, 1.807) is 13.9 Å². The molecule has 2 aromatic carbocycles. The molecule has 0 atom stereocenters. The minimum absolute atomic E-state index is 0.0129. The molecule has 0 aliphatic carbocycles. The molecular formula is C24H26N4O2. The molecule has 0 bridgehead atoms. The number of benzene rings is 2. The van der Waals surface area contributed by atoms with E-state index in [9.17, 15) is 9.59 Å². The van der Waals surface area contributed by atoms with E-state index >= 15 is 0 Å². The van der Waals surface area contributed by atoms with Crippen LogP contribution >= 0.6 is 0 Å². The van der Waals surface area contributed by atoms with Gasteiger partial charge in [-0.2, -0.15) is 0 Å². The molecule has 0 fully saturated rings. The molecule has 154 valence electrons. The summed E-state index contributed by atoms with van der Waals surface area (Å²) in [5, 5.41) is 0.862. The highest BCUT2D eigenvalue weighted by Gasteiger charge is 2.21. The second-order valence-electron chi connectivity index (χ2n) is 7.24. The third-order valence-corrected chi connectivity index (χ3v) is 5.62. The summed E-state index contributed by atoms with van der Waals surface area (Å²) in [7, 11) is 0. The highest BCUT2D eigenvalue weighted by Crippen LogP contribution is 2.27. The monoisotopic (exact) mass is 402 g/mol. The molecule has 1 amide bonds. The fraction of sp³-hybridized carbons (Fsp3) is 0.292. The molecule has 0 saturated carbocycles. The van der Waals surface area contributed by atoms with Gasteiger partial charge >= 0.3 is 5.69 Å². The third kappa shape index (κ3) is 3.18. The van der Waals surface area contributed by atoms with Crippen molar-refractivity contribution in [2.45, 2.75) is 33.7 Å². The second kappa shape index (κ2) is 8.14. The smallest absolute Gasteiger partial charge is 0.335 e. The summed E-state index contributed by atoms with van der Waals surface area (Å²) in [4.78, 5) is 33.1. The molecule has 6 nitrogen and oxygen atoms in total. The van der Waals surface area contributed by atoms with Crippen molar-refractivity contribution >= 4 is 22.5 Å². The molecule has 2 aromatic heterocycles. The molecule has 0 aliphatic rings. The van der Waals surface area contributed by atoms with Gasteiger partial charge in [0.25, 0.3) is 0 Å². The minimum atomic E-state index is -0.226. The zero-order valence-electron chi connectivity index (χ0n) is 17.6. The Morgan fingerprint density at radius 2 is 1.63 bits per heavy atom. The van der Waals surface area contributed by atoms with Gasteiger partial charge in [0.1, 0.15) is 6.54 Å². The van der Waals surface area contributed by atoms with Crippen LogP contribution in [-0.2, 0) is 17.8 Å². The Morgan fingerprint density at radius 1 is 0.967 bits per heavy atom. The van der Waals surface area contributed by atoms with E-state index in [1.807, 2.05) is 75.4 Å². The first kappa shape index (κ1) is 19.9. The van der Waals surface area contributed by atoms with Crippen LogP contribution in [0, 0.1) is 0 Å². The molecule has 2 heterocycles. The molecular weight excluding hydrogens is 376 g/mol. The number of hydrogen-bond donors (Lipinski definition) is 0. The van der Waals surface area contributed by atoms with Crippen LogP contribution in [-0.4, -0.2) is 37.8 Å². The van der Waals surface area contributed by atoms with Crippen molar-refractivity contribution in [1.82, 2.24) is 18.9 Å². The lowest BCUT2D eigenvalue weighted by molar-refractivity contribution is -0.131. The fourth-order valence-electron chi connectivity index (χ4n) is 4.08. The largest absolute Gasteiger partial charge is 0.342 e. The lowest BCUT2D eigenvalue weighted by atomic mass is 10.1. The Bertz CT molecular complexity index is 1270. The third-order valence-electron chi connectivity index (χ3n) is 5.62. The standard InChI is InChI=1S/C24H26N4O2/c1-4-19-22(17-12-8-7-9-13-17)25-23-18-14-10-11-15-20(18)27(24(30)28(19)23)16-21(29)26(5-2)6-3/h7-15H,4-6,16H2,1-3H3. The molecule has 0 N–H and O–H groups in total. The number of fused-ring (bicyclic) bond motifs is 3. The molecule has 0 spiro atoms. The normalized spacial score (nSPS) is 11.3. The first-order chi connectivity index (χ1) is 14.6. The van der Waals surface area contributed by atoms with Crippen molar-refractivity contribution in [3.63, 3.8) is 0 Å². The van der Waals surface area contributed by atoms with Crippen LogP contribution < -0.4 is 5.69 Å². The van der Waals surface area contributed by atoms with Crippen molar-refractivity contribution in [3.8, 4) is 11.3 Å². The molecule has 4 aromatic rings. The highest BCUT2D eigenvalue weighted by atomic mass is 16.2. The molecule has 0 saturated heterocycles. The summed E-state index contributed by atoms with van der Waals surface area (Å²) in [5.41, 5.74) is 3.79. The Morgan fingerprint density at radius 3 is 2.30 bits per heavy atom. The minimum Gasteiger partial charge on any atom is -0.342 e. The van der Waals surface area contributed by atoms with Crippen molar-refractivity contribution < 1.29 is 4.79 Å². The Balaban J connectivity index is 2.03. The lowest BCUT2D eigenvalue weighted by Crippen LogP contribution is -2.38. The Kier molecular flexibility index (Phi) is 5.40. The molecule has 0 unspecified atom stereocenters. The number of rotatable bonds is 6. The van der Waals surface area contributed by atoms with E-state index in [1.165, 1.54) is 0 Å². The summed E-state index contributed by atoms with van der Waals surface area (Å²) in [6.07, 6.45) is 0.656. The van der Waals surface area contributed by atoms with Gasteiger partial charge in [-0.25, -0.2) is 14.2 Å². The Labute approximate surface area is 175 Å². The van der Waals surface area contributed by atoms with Crippen LogP contribution in [0.2, 0.25) is 0 Å². The summed E-state index contributed by atoms with van der Waals surface area (Å²) >= 11 is 0. The van der Waals surface area contributed by atoms with E-state index in [0.717, 1.165) is 27.9 Å². The summed E-state index contributed by atoms with van der Waals surface area (Å²) in [6.45, 7) is 7.17. The van der Waals surface area contributed by atoms with Gasteiger partial charge in [0, 0.05) is 24.0 Å². The van der Waals surface area contributed by atoms with E-state index in [2.05, 4.69) is 0 Å². The van der Waals surface area contributed by atoms with Crippen molar-refractivity contribution in [2.75, 3.05) is 13.1 Å². The van der Waals surface area contributed by atoms with Crippen LogP contribution in [0.25, 0.3) is 27.8 Å². The number of nitrogens with zero attached hydrogens (tertiary/aromatic N) is 4. The number of imidazole rings is 1. The first-order valence-corrected chi connectivity index (χ1v) is 10.5. The quantitative estimate of drug-likeness (QED) is 0.494. The van der Waals surface area contributed by atoms with Gasteiger partial charge in [0.15, 0.2) is 5.65 Å². The van der Waals surface area contributed by atoms with Gasteiger partial charge in [0.2, 0.25) is 5.91 Å². The maximum atomic E-state index is 13.6. The number of aryl methyl sites for hydroxylation is 1. The van der Waals surface area contributed by atoms with Gasteiger partial charge in [-0.1, -0.05) is 49.4 Å². The van der Waals surface area contributed by atoms with Crippen LogP contribution in [0.4, 0.5) is 0 Å². The zero-order chi connectivity index (χ0) is 21.3. The fourth-order valence-corrected chi connectivity index (χ4v) is 4.08. The lowest BCUT2D eigenvalue weighted by Gasteiger charge is -2.20. The molecule has 6 heteroatoms. The second-order valence-corrected chi connectivity index (χ2v) is 7.24. The Hall–Kier alpha value is -3.41. The van der Waals surface area contributed by atoms with Crippen LogP contribution in [0.1, 0.15) is 26.5 Å². The number of amides is 1. The van der Waals surface area contributed by atoms with E-state index in [0.29, 0.717) is 25.2 Å². The van der Waals surface area contributed by atoms with E-state index in [-0.39, 0.29) is 18.1 Å². The van der Waals surface area contributed by atoms with Crippen LogP contribution in [0.15, 0.2) is 59.4 Å². The number of para-hydroxylation sites is 1. The maximum Gasteiger partial charge on any atom is 0.335 e. The predicted octanol–water partition coefficient (Wildman–Crippen LogP) is 3.75. The van der Waals surface area contributed by atoms with Gasteiger partial charge in [-0.05, 0) is 32.4 Å². The van der Waals surface area contributed by atoms with Gasteiger partial charge in [0.05, 0.1) is 16.9 Å². The molecule has 0 aliphatic heterocycles. The number of carbonyl (C=O) groups excluding carboxylic acids is 1. The number of aromatic nitrogens is 3. The predicted molar refractivity (Wildman–Crippen MR) is 120 cm³/mol. The van der Waals surface area contributed by atoms with Gasteiger partial charge in [-0.15, -0.1) is 0 Å². The van der Waals surface area contributed by atoms with E-state index < -0.39 is 0 Å². The van der Waals surface area contributed by atoms with Crippen LogP contribution in [0.3, 0.4) is 0 Å². The first-order valence-electron chi connectivity index (χ1n) is 10.5. The molecule has 4 rings (SSSR count). The number of carbonyl (C=O) groups is 1. The number of hydrogen-bond acceptors (Lipinski definition) is 3. The SMILES string of the molecule is CCc1c(-c2ccccc2)nc2c3ccccc3n(CC(=O)N(CC)CC)c(=O)n12. The van der Waals surface area contributed by atoms with Gasteiger partial charge in [-0.3, -0.25) is 9.36 Å². The molecule has 0 radical (unpaired) electrons. The highest BCUT2D eigenvalue weighted by molar-refractivity contribution is 5.93. The summed E-state index contributed by atoms with van der Waals surface area (Å²) in [6, 6.07) is 17.6. The zero-order valence-corrected chi connectivity index (χ0v) is 17.6. The molecule has 30 heavy (non-hydrogen) atoms. The number of likely N-dealkylation sites (N-methyl/N-ethyl adjacent to an activating group) is 1.